The minimum atomic E-state index is 0.223. The summed E-state index contributed by atoms with van der Waals surface area (Å²) >= 11 is 6.63. The first-order valence-electron chi connectivity index (χ1n) is 5.83. The van der Waals surface area contributed by atoms with Gasteiger partial charge < -0.3 is 5.11 Å². The SMILES string of the molecule is CCn1c(O)c(/C=C2\C=Nc3cnccc32)sc1=S. The van der Waals surface area contributed by atoms with Crippen LogP contribution in [0.3, 0.4) is 0 Å². The normalized spacial score (nSPS) is 15.1. The number of allylic oxidation sites excluding steroid dienone is 1. The second-order valence-electron chi connectivity index (χ2n) is 4.05. The quantitative estimate of drug-likeness (QED) is 0.858. The molecule has 0 saturated carbocycles. The highest BCUT2D eigenvalue weighted by atomic mass is 32.1. The summed E-state index contributed by atoms with van der Waals surface area (Å²) in [5, 5.41) is 10.1. The smallest absolute Gasteiger partial charge is 0.210 e. The van der Waals surface area contributed by atoms with Crippen LogP contribution in [-0.2, 0) is 6.54 Å². The van der Waals surface area contributed by atoms with Gasteiger partial charge in [0.25, 0.3) is 0 Å². The van der Waals surface area contributed by atoms with Crippen LogP contribution in [0.4, 0.5) is 5.69 Å². The number of aliphatic imine (C=N–C) groups is 1. The number of rotatable bonds is 2. The van der Waals surface area contributed by atoms with E-state index in [0.29, 0.717) is 10.5 Å². The average molecular weight is 289 g/mol. The van der Waals surface area contributed by atoms with Crippen molar-refractivity contribution in [2.24, 2.45) is 4.99 Å². The Balaban J connectivity index is 2.10. The van der Waals surface area contributed by atoms with E-state index in [4.69, 9.17) is 12.2 Å². The first kappa shape index (κ1) is 12.3. The molecule has 3 rings (SSSR count). The molecular formula is C13H11N3OS2. The van der Waals surface area contributed by atoms with Crippen molar-refractivity contribution in [3.8, 4) is 5.88 Å². The van der Waals surface area contributed by atoms with Gasteiger partial charge in [-0.05, 0) is 31.3 Å². The fourth-order valence-electron chi connectivity index (χ4n) is 1.99. The molecule has 96 valence electrons. The molecule has 0 spiro atoms. The molecule has 0 aliphatic carbocycles. The molecule has 1 aliphatic heterocycles. The van der Waals surface area contributed by atoms with E-state index in [1.54, 1.807) is 23.2 Å². The Morgan fingerprint density at radius 2 is 2.37 bits per heavy atom. The minimum absolute atomic E-state index is 0.223. The highest BCUT2D eigenvalue weighted by Gasteiger charge is 2.14. The highest BCUT2D eigenvalue weighted by Crippen LogP contribution is 2.35. The first-order valence-corrected chi connectivity index (χ1v) is 7.06. The van der Waals surface area contributed by atoms with Gasteiger partial charge in [0.15, 0.2) is 3.95 Å². The van der Waals surface area contributed by atoms with Crippen molar-refractivity contribution < 1.29 is 5.11 Å². The van der Waals surface area contributed by atoms with Crippen LogP contribution >= 0.6 is 23.6 Å². The standard InChI is InChI=1S/C13H11N3OS2/c1-2-16-12(17)11(19-13(16)18)5-8-6-15-10-7-14-4-3-9(8)10/h3-7,17H,2H2,1H3/b8-5+. The van der Waals surface area contributed by atoms with Crippen LogP contribution in [0.5, 0.6) is 5.88 Å². The molecule has 0 unspecified atom stereocenters. The molecule has 0 radical (unpaired) electrons. The first-order chi connectivity index (χ1) is 9.20. The zero-order valence-corrected chi connectivity index (χ0v) is 11.8. The Morgan fingerprint density at radius 1 is 1.53 bits per heavy atom. The van der Waals surface area contributed by atoms with Crippen molar-refractivity contribution in [1.29, 1.82) is 0 Å². The van der Waals surface area contributed by atoms with E-state index in [-0.39, 0.29) is 5.88 Å². The molecule has 4 nitrogen and oxygen atoms in total. The second kappa shape index (κ2) is 4.71. The Kier molecular flexibility index (Phi) is 3.04. The molecule has 0 saturated heterocycles. The third-order valence-electron chi connectivity index (χ3n) is 2.95. The third kappa shape index (κ3) is 2.02. The molecule has 0 fully saturated rings. The summed E-state index contributed by atoms with van der Waals surface area (Å²) < 4.78 is 2.39. The summed E-state index contributed by atoms with van der Waals surface area (Å²) in [4.78, 5) is 9.09. The minimum Gasteiger partial charge on any atom is -0.493 e. The summed E-state index contributed by atoms with van der Waals surface area (Å²) in [6.45, 7) is 2.62. The van der Waals surface area contributed by atoms with Gasteiger partial charge in [0.2, 0.25) is 5.88 Å². The Bertz CT molecular complexity index is 755. The number of nitrogens with zero attached hydrogens (tertiary/aromatic N) is 3. The highest BCUT2D eigenvalue weighted by molar-refractivity contribution is 7.73. The van der Waals surface area contributed by atoms with Gasteiger partial charge in [0.05, 0.1) is 16.8 Å². The number of thiazole rings is 1. The van der Waals surface area contributed by atoms with Crippen molar-refractivity contribution in [1.82, 2.24) is 9.55 Å². The van der Waals surface area contributed by atoms with Gasteiger partial charge in [0, 0.05) is 30.1 Å². The van der Waals surface area contributed by atoms with E-state index in [1.165, 1.54) is 11.3 Å². The third-order valence-corrected chi connectivity index (χ3v) is 4.34. The molecule has 19 heavy (non-hydrogen) atoms. The summed E-state index contributed by atoms with van der Waals surface area (Å²) in [5.41, 5.74) is 2.84. The fourth-order valence-corrected chi connectivity index (χ4v) is 3.37. The van der Waals surface area contributed by atoms with E-state index >= 15 is 0 Å². The van der Waals surface area contributed by atoms with Crippen LogP contribution in [0.1, 0.15) is 17.4 Å². The van der Waals surface area contributed by atoms with Crippen molar-refractivity contribution in [2.45, 2.75) is 13.5 Å². The van der Waals surface area contributed by atoms with Crippen molar-refractivity contribution in [3.63, 3.8) is 0 Å². The van der Waals surface area contributed by atoms with Crippen LogP contribution in [0.25, 0.3) is 11.6 Å². The maximum absolute atomic E-state index is 10.1. The van der Waals surface area contributed by atoms with Gasteiger partial charge >= 0.3 is 0 Å². The summed E-state index contributed by atoms with van der Waals surface area (Å²) in [6, 6.07) is 1.92. The van der Waals surface area contributed by atoms with Crippen molar-refractivity contribution >= 4 is 47.1 Å². The van der Waals surface area contributed by atoms with Crippen LogP contribution in [0, 0.1) is 3.95 Å². The molecule has 6 heteroatoms. The fraction of sp³-hybridized carbons (Fsp3) is 0.154. The largest absolute Gasteiger partial charge is 0.493 e. The van der Waals surface area contributed by atoms with E-state index in [9.17, 15) is 5.11 Å². The number of hydrogen-bond donors (Lipinski definition) is 1. The van der Waals surface area contributed by atoms with Crippen LogP contribution in [-0.4, -0.2) is 20.9 Å². The number of hydrogen-bond acceptors (Lipinski definition) is 5. The molecule has 1 N–H and O–H groups in total. The van der Waals surface area contributed by atoms with Crippen LogP contribution in [0.15, 0.2) is 23.5 Å². The van der Waals surface area contributed by atoms with Gasteiger partial charge in [-0.3, -0.25) is 14.5 Å². The number of fused-ring (bicyclic) bond motifs is 1. The van der Waals surface area contributed by atoms with E-state index < -0.39 is 0 Å². The lowest BCUT2D eigenvalue weighted by atomic mass is 10.1. The molecule has 0 atom stereocenters. The lowest BCUT2D eigenvalue weighted by Gasteiger charge is -2.00. The molecule has 3 heterocycles. The molecule has 2 aromatic rings. The van der Waals surface area contributed by atoms with Crippen LogP contribution < -0.4 is 0 Å². The van der Waals surface area contributed by atoms with Crippen molar-refractivity contribution in [3.05, 3.63) is 32.9 Å². The second-order valence-corrected chi connectivity index (χ2v) is 5.73. The molecule has 0 aromatic carbocycles. The van der Waals surface area contributed by atoms with Gasteiger partial charge in [-0.2, -0.15) is 0 Å². The van der Waals surface area contributed by atoms with Gasteiger partial charge in [0.1, 0.15) is 0 Å². The van der Waals surface area contributed by atoms with Crippen LogP contribution in [0.2, 0.25) is 0 Å². The maximum atomic E-state index is 10.1. The number of aromatic hydroxyl groups is 1. The molecule has 1 aliphatic rings. The van der Waals surface area contributed by atoms with Gasteiger partial charge in [-0.1, -0.05) is 0 Å². The average Bonchev–Trinajstić information content (AvgIpc) is 2.93. The van der Waals surface area contributed by atoms with E-state index in [1.807, 2.05) is 19.1 Å². The van der Waals surface area contributed by atoms with E-state index in [2.05, 4.69) is 9.98 Å². The van der Waals surface area contributed by atoms with E-state index in [0.717, 1.165) is 21.7 Å². The predicted octanol–water partition coefficient (Wildman–Crippen LogP) is 3.66. The zero-order chi connectivity index (χ0) is 13.4. The predicted molar refractivity (Wildman–Crippen MR) is 80.7 cm³/mol. The Morgan fingerprint density at radius 3 is 3.11 bits per heavy atom. The summed E-state index contributed by atoms with van der Waals surface area (Å²) in [6.07, 6.45) is 7.16. The summed E-state index contributed by atoms with van der Waals surface area (Å²) in [5.74, 6) is 0.223. The Hall–Kier alpha value is -1.79. The van der Waals surface area contributed by atoms with Gasteiger partial charge in [-0.15, -0.1) is 11.3 Å². The lowest BCUT2D eigenvalue weighted by molar-refractivity contribution is 0.419. The molecular weight excluding hydrogens is 278 g/mol. The maximum Gasteiger partial charge on any atom is 0.210 e. The number of pyridine rings is 1. The number of aromatic nitrogens is 2. The van der Waals surface area contributed by atoms with Crippen molar-refractivity contribution in [2.75, 3.05) is 0 Å². The zero-order valence-electron chi connectivity index (χ0n) is 10.2. The Labute approximate surface area is 119 Å². The molecule has 2 aromatic heterocycles. The molecule has 0 bridgehead atoms. The monoisotopic (exact) mass is 289 g/mol. The van der Waals surface area contributed by atoms with Gasteiger partial charge in [-0.25, -0.2) is 0 Å². The molecule has 0 amide bonds. The summed E-state index contributed by atoms with van der Waals surface area (Å²) in [7, 11) is 0. The topological polar surface area (TPSA) is 50.4 Å². The lowest BCUT2D eigenvalue weighted by Crippen LogP contribution is -1.91.